The molecular weight excluding hydrogens is 375 g/mol. The Morgan fingerprint density at radius 2 is 1.88 bits per heavy atom. The average molecular weight is 388 g/mol. The second-order valence-electron chi connectivity index (χ2n) is 5.13. The molecule has 0 bridgehead atoms. The van der Waals surface area contributed by atoms with Crippen molar-refractivity contribution in [2.45, 2.75) is 23.9 Å². The maximum atomic E-state index is 12.9. The minimum Gasteiger partial charge on any atom is -0.485 e. The third-order valence-electron chi connectivity index (χ3n) is 3.26. The summed E-state index contributed by atoms with van der Waals surface area (Å²) in [5.74, 6) is -4.38. The lowest BCUT2D eigenvalue weighted by atomic mass is 10.1. The molecule has 0 aliphatic carbocycles. The summed E-state index contributed by atoms with van der Waals surface area (Å²) in [7, 11) is 0. The first kappa shape index (κ1) is 20.0. The minimum atomic E-state index is -5.67. The molecule has 0 saturated carbocycles. The van der Waals surface area contributed by atoms with E-state index in [2.05, 4.69) is 9.72 Å². The Morgan fingerprint density at radius 3 is 2.42 bits per heavy atom. The van der Waals surface area contributed by atoms with Gasteiger partial charge in [-0.3, -0.25) is 4.98 Å². The standard InChI is InChI=1S/C17H13F5N2OS/c1-2-26-15-7-11(8-23)3-5-13(15)14-6-4-12(9-24-14)25-10-16(18,19)17(20,21)22/h3-7,9H,2,10H2,1H3. The third-order valence-corrected chi connectivity index (χ3v) is 4.20. The molecule has 2 rings (SSSR count). The highest BCUT2D eigenvalue weighted by atomic mass is 32.2. The molecule has 2 aromatic rings. The summed E-state index contributed by atoms with van der Waals surface area (Å²) >= 11 is 1.50. The van der Waals surface area contributed by atoms with Crippen molar-refractivity contribution in [1.82, 2.24) is 4.98 Å². The Bertz CT molecular complexity index is 800. The molecule has 0 aliphatic rings. The number of benzene rings is 1. The van der Waals surface area contributed by atoms with Crippen LogP contribution in [-0.2, 0) is 0 Å². The van der Waals surface area contributed by atoms with Gasteiger partial charge in [-0.05, 0) is 30.0 Å². The van der Waals surface area contributed by atoms with Gasteiger partial charge in [0.15, 0.2) is 6.61 Å². The number of pyridine rings is 1. The zero-order chi connectivity index (χ0) is 19.4. The number of hydrogen-bond donors (Lipinski definition) is 0. The van der Waals surface area contributed by atoms with Gasteiger partial charge >= 0.3 is 12.1 Å². The molecule has 3 nitrogen and oxygen atoms in total. The Hall–Kier alpha value is -2.34. The van der Waals surface area contributed by atoms with Gasteiger partial charge in [0.1, 0.15) is 5.75 Å². The quantitative estimate of drug-likeness (QED) is 0.497. The van der Waals surface area contributed by atoms with Crippen LogP contribution < -0.4 is 4.74 Å². The molecule has 138 valence electrons. The van der Waals surface area contributed by atoms with Crippen molar-refractivity contribution in [3.63, 3.8) is 0 Å². The van der Waals surface area contributed by atoms with Gasteiger partial charge in [0.05, 0.1) is 23.5 Å². The van der Waals surface area contributed by atoms with Crippen LogP contribution in [-0.4, -0.2) is 29.4 Å². The number of rotatable bonds is 6. The van der Waals surface area contributed by atoms with Gasteiger partial charge in [-0.1, -0.05) is 13.0 Å². The Morgan fingerprint density at radius 1 is 1.15 bits per heavy atom. The van der Waals surface area contributed by atoms with Crippen molar-refractivity contribution in [1.29, 1.82) is 5.26 Å². The van der Waals surface area contributed by atoms with Gasteiger partial charge in [-0.15, -0.1) is 11.8 Å². The van der Waals surface area contributed by atoms with E-state index in [0.717, 1.165) is 22.4 Å². The summed E-state index contributed by atoms with van der Waals surface area (Å²) in [6.45, 7) is 0.129. The van der Waals surface area contributed by atoms with E-state index < -0.39 is 18.7 Å². The Labute approximate surface area is 150 Å². The molecule has 1 heterocycles. The first-order valence-electron chi connectivity index (χ1n) is 7.38. The van der Waals surface area contributed by atoms with Gasteiger partial charge < -0.3 is 4.74 Å². The zero-order valence-electron chi connectivity index (χ0n) is 13.5. The molecule has 0 atom stereocenters. The van der Waals surface area contributed by atoms with E-state index in [1.165, 1.54) is 23.9 Å². The normalized spacial score (nSPS) is 11.9. The molecule has 1 aromatic heterocycles. The van der Waals surface area contributed by atoms with Crippen molar-refractivity contribution in [2.24, 2.45) is 0 Å². The van der Waals surface area contributed by atoms with Crippen molar-refractivity contribution in [3.8, 4) is 23.1 Å². The molecule has 0 fully saturated rings. The van der Waals surface area contributed by atoms with Gasteiger partial charge in [-0.2, -0.15) is 27.2 Å². The highest BCUT2D eigenvalue weighted by molar-refractivity contribution is 7.99. The van der Waals surface area contributed by atoms with Crippen LogP contribution in [0.2, 0.25) is 0 Å². The first-order chi connectivity index (χ1) is 12.2. The predicted octanol–water partition coefficient (Wildman–Crippen LogP) is 5.31. The third kappa shape index (κ3) is 4.64. The van der Waals surface area contributed by atoms with Crippen molar-refractivity contribution >= 4 is 11.8 Å². The van der Waals surface area contributed by atoms with Gasteiger partial charge in [0, 0.05) is 10.5 Å². The maximum absolute atomic E-state index is 12.9. The lowest BCUT2D eigenvalue weighted by Crippen LogP contribution is -2.41. The van der Waals surface area contributed by atoms with Gasteiger partial charge in [-0.25, -0.2) is 0 Å². The smallest absolute Gasteiger partial charge is 0.456 e. The van der Waals surface area contributed by atoms with E-state index in [4.69, 9.17) is 5.26 Å². The number of aromatic nitrogens is 1. The maximum Gasteiger partial charge on any atom is 0.456 e. The fourth-order valence-electron chi connectivity index (χ4n) is 1.96. The molecule has 0 spiro atoms. The molecule has 0 aliphatic heterocycles. The number of nitrogens with zero attached hydrogens (tertiary/aromatic N) is 2. The summed E-state index contributed by atoms with van der Waals surface area (Å²) in [6, 6.07) is 9.80. The molecule has 0 saturated heterocycles. The second-order valence-corrected chi connectivity index (χ2v) is 6.43. The number of hydrogen-bond acceptors (Lipinski definition) is 4. The average Bonchev–Trinajstić information content (AvgIpc) is 2.60. The summed E-state index contributed by atoms with van der Waals surface area (Å²) < 4.78 is 66.7. The number of nitriles is 1. The van der Waals surface area contributed by atoms with Crippen molar-refractivity contribution in [2.75, 3.05) is 12.4 Å². The molecule has 0 radical (unpaired) electrons. The summed E-state index contributed by atoms with van der Waals surface area (Å²) in [5.41, 5.74) is 1.70. The monoisotopic (exact) mass is 388 g/mol. The molecule has 0 N–H and O–H groups in total. The number of thioether (sulfide) groups is 1. The largest absolute Gasteiger partial charge is 0.485 e. The van der Waals surface area contributed by atoms with Crippen LogP contribution in [0.4, 0.5) is 22.0 Å². The van der Waals surface area contributed by atoms with E-state index in [1.54, 1.807) is 18.2 Å². The van der Waals surface area contributed by atoms with Crippen LogP contribution in [0.3, 0.4) is 0 Å². The van der Waals surface area contributed by atoms with Crippen molar-refractivity contribution in [3.05, 3.63) is 42.1 Å². The highest BCUT2D eigenvalue weighted by Crippen LogP contribution is 2.36. The fourth-order valence-corrected chi connectivity index (χ4v) is 2.81. The SMILES string of the molecule is CCSc1cc(C#N)ccc1-c1ccc(OCC(F)(F)C(F)(F)F)cn1. The van der Waals surface area contributed by atoms with Gasteiger partial charge in [0.2, 0.25) is 0 Å². The molecule has 1 aromatic carbocycles. The van der Waals surface area contributed by atoms with Crippen LogP contribution in [0, 0.1) is 11.3 Å². The topological polar surface area (TPSA) is 45.9 Å². The van der Waals surface area contributed by atoms with E-state index in [0.29, 0.717) is 11.3 Å². The molecule has 26 heavy (non-hydrogen) atoms. The van der Waals surface area contributed by atoms with Crippen LogP contribution in [0.5, 0.6) is 5.75 Å². The number of ether oxygens (including phenoxy) is 1. The van der Waals surface area contributed by atoms with E-state index in [1.807, 2.05) is 13.0 Å². The minimum absolute atomic E-state index is 0.198. The molecule has 0 amide bonds. The van der Waals surface area contributed by atoms with E-state index in [-0.39, 0.29) is 5.75 Å². The Balaban J connectivity index is 2.19. The van der Waals surface area contributed by atoms with E-state index in [9.17, 15) is 22.0 Å². The summed E-state index contributed by atoms with van der Waals surface area (Å²) in [5, 5.41) is 8.98. The second kappa shape index (κ2) is 7.91. The van der Waals surface area contributed by atoms with Gasteiger partial charge in [0.25, 0.3) is 0 Å². The predicted molar refractivity (Wildman–Crippen MR) is 87.3 cm³/mol. The molecule has 9 heteroatoms. The first-order valence-corrected chi connectivity index (χ1v) is 8.37. The lowest BCUT2D eigenvalue weighted by Gasteiger charge is -2.19. The lowest BCUT2D eigenvalue weighted by molar-refractivity contribution is -0.290. The summed E-state index contributed by atoms with van der Waals surface area (Å²) in [6.07, 6.45) is -4.59. The number of alkyl halides is 5. The zero-order valence-corrected chi connectivity index (χ0v) is 14.3. The Kier molecular flexibility index (Phi) is 6.08. The van der Waals surface area contributed by atoms with Crippen LogP contribution >= 0.6 is 11.8 Å². The number of halogens is 5. The van der Waals surface area contributed by atoms with E-state index >= 15 is 0 Å². The summed E-state index contributed by atoms with van der Waals surface area (Å²) in [4.78, 5) is 4.88. The molecule has 0 unspecified atom stereocenters. The molecular formula is C17H13F5N2OS. The van der Waals surface area contributed by atoms with Crippen LogP contribution in [0.1, 0.15) is 12.5 Å². The highest BCUT2D eigenvalue weighted by Gasteiger charge is 2.58. The van der Waals surface area contributed by atoms with Crippen LogP contribution in [0.25, 0.3) is 11.3 Å². The fraction of sp³-hybridized carbons (Fsp3) is 0.294. The van der Waals surface area contributed by atoms with Crippen molar-refractivity contribution < 1.29 is 26.7 Å². The van der Waals surface area contributed by atoms with Crippen LogP contribution in [0.15, 0.2) is 41.4 Å².